The van der Waals surface area contributed by atoms with Gasteiger partial charge in [0.2, 0.25) is 0 Å². The molecule has 6 heteroatoms. The highest BCUT2D eigenvalue weighted by Gasteiger charge is 2.16. The van der Waals surface area contributed by atoms with Crippen molar-refractivity contribution in [3.8, 4) is 0 Å². The quantitative estimate of drug-likeness (QED) is 0.932. The van der Waals surface area contributed by atoms with Crippen molar-refractivity contribution in [2.45, 2.75) is 11.1 Å². The van der Waals surface area contributed by atoms with Gasteiger partial charge < -0.3 is 0 Å². The van der Waals surface area contributed by atoms with Crippen LogP contribution in [0.3, 0.4) is 0 Å². The predicted molar refractivity (Wildman–Crippen MR) is 66.3 cm³/mol. The number of hydrogen-bond acceptors (Lipinski definition) is 3. The highest BCUT2D eigenvalue weighted by Crippen LogP contribution is 2.23. The molecule has 0 atom stereocenters. The fourth-order valence-electron chi connectivity index (χ4n) is 1.32. The highest BCUT2D eigenvalue weighted by molar-refractivity contribution is 7.94. The summed E-state index contributed by atoms with van der Waals surface area (Å²) in [6.07, 6.45) is 0. The average Bonchev–Trinajstić information content (AvgIpc) is 2.77. The van der Waals surface area contributed by atoms with Gasteiger partial charge in [-0.1, -0.05) is 12.1 Å². The first-order valence-electron chi connectivity index (χ1n) is 4.81. The van der Waals surface area contributed by atoms with Crippen molar-refractivity contribution in [2.75, 3.05) is 4.72 Å². The van der Waals surface area contributed by atoms with Crippen molar-refractivity contribution in [3.05, 3.63) is 47.1 Å². The van der Waals surface area contributed by atoms with Crippen LogP contribution in [0.1, 0.15) is 5.56 Å². The number of nitrogens with one attached hydrogen (secondary N) is 1. The maximum absolute atomic E-state index is 13.0. The van der Waals surface area contributed by atoms with E-state index in [4.69, 9.17) is 0 Å². The van der Waals surface area contributed by atoms with Gasteiger partial charge in [-0.25, -0.2) is 12.8 Å². The van der Waals surface area contributed by atoms with Crippen LogP contribution in [0.5, 0.6) is 0 Å². The van der Waals surface area contributed by atoms with Gasteiger partial charge in [-0.05, 0) is 36.1 Å². The molecule has 0 aliphatic rings. The molecule has 2 rings (SSSR count). The van der Waals surface area contributed by atoms with Crippen molar-refractivity contribution in [1.82, 2.24) is 0 Å². The molecule has 0 aliphatic heterocycles. The molecular weight excluding hydrogens is 261 g/mol. The maximum Gasteiger partial charge on any atom is 0.271 e. The Kier molecular flexibility index (Phi) is 3.17. The second-order valence-electron chi connectivity index (χ2n) is 3.50. The third-order valence-corrected chi connectivity index (χ3v) is 4.97. The Morgan fingerprint density at radius 3 is 2.71 bits per heavy atom. The Balaban J connectivity index is 2.36. The largest absolute Gasteiger partial charge is 0.279 e. The van der Waals surface area contributed by atoms with E-state index in [0.717, 1.165) is 11.3 Å². The van der Waals surface area contributed by atoms with E-state index < -0.39 is 15.8 Å². The molecule has 0 saturated heterocycles. The molecule has 3 nitrogen and oxygen atoms in total. The minimum atomic E-state index is -3.61. The smallest absolute Gasteiger partial charge is 0.271 e. The van der Waals surface area contributed by atoms with Crippen LogP contribution in [0.4, 0.5) is 10.1 Å². The van der Waals surface area contributed by atoms with Gasteiger partial charge in [-0.3, -0.25) is 4.72 Å². The van der Waals surface area contributed by atoms with Gasteiger partial charge in [0.1, 0.15) is 10.0 Å². The van der Waals surface area contributed by atoms with Crippen LogP contribution in [0, 0.1) is 12.7 Å². The van der Waals surface area contributed by atoms with E-state index in [1.165, 1.54) is 24.3 Å². The molecule has 0 spiro atoms. The van der Waals surface area contributed by atoms with Crippen molar-refractivity contribution < 1.29 is 12.8 Å². The topological polar surface area (TPSA) is 46.2 Å². The summed E-state index contributed by atoms with van der Waals surface area (Å²) in [5.74, 6) is -0.473. The Morgan fingerprint density at radius 1 is 1.29 bits per heavy atom. The Morgan fingerprint density at radius 2 is 2.06 bits per heavy atom. The molecule has 0 radical (unpaired) electrons. The number of thiophene rings is 1. The lowest BCUT2D eigenvalue weighted by atomic mass is 10.2. The van der Waals surface area contributed by atoms with Crippen molar-refractivity contribution >= 4 is 27.0 Å². The fraction of sp³-hybridized carbons (Fsp3) is 0.0909. The standard InChI is InChI=1S/C11H10FNO2S2/c1-8-4-5-9(12)7-10(8)13-17(14,15)11-3-2-6-16-11/h2-7,13H,1H3. The fourth-order valence-corrected chi connectivity index (χ4v) is 3.43. The second-order valence-corrected chi connectivity index (χ2v) is 6.35. The van der Waals surface area contributed by atoms with Gasteiger partial charge in [0.05, 0.1) is 5.69 Å². The molecule has 0 fully saturated rings. The third kappa shape index (κ3) is 2.65. The van der Waals surface area contributed by atoms with E-state index in [-0.39, 0.29) is 9.90 Å². The molecule has 90 valence electrons. The molecule has 1 aromatic carbocycles. The van der Waals surface area contributed by atoms with Crippen LogP contribution in [0.15, 0.2) is 39.9 Å². The molecule has 0 bridgehead atoms. The Bertz CT molecular complexity index is 621. The number of rotatable bonds is 3. The zero-order chi connectivity index (χ0) is 12.5. The van der Waals surface area contributed by atoms with Gasteiger partial charge in [-0.2, -0.15) is 0 Å². The summed E-state index contributed by atoms with van der Waals surface area (Å²) < 4.78 is 39.4. The summed E-state index contributed by atoms with van der Waals surface area (Å²) in [6.45, 7) is 1.71. The van der Waals surface area contributed by atoms with Crippen LogP contribution in [-0.2, 0) is 10.0 Å². The summed E-state index contributed by atoms with van der Waals surface area (Å²) in [5.41, 5.74) is 0.935. The van der Waals surface area contributed by atoms with Crippen molar-refractivity contribution in [3.63, 3.8) is 0 Å². The van der Waals surface area contributed by atoms with Crippen molar-refractivity contribution in [2.24, 2.45) is 0 Å². The molecule has 0 saturated carbocycles. The second kappa shape index (κ2) is 4.46. The van der Waals surface area contributed by atoms with Crippen LogP contribution in [-0.4, -0.2) is 8.42 Å². The third-order valence-electron chi connectivity index (χ3n) is 2.20. The molecule has 1 aromatic heterocycles. The van der Waals surface area contributed by atoms with Gasteiger partial charge in [0, 0.05) is 0 Å². The maximum atomic E-state index is 13.0. The molecule has 0 amide bonds. The minimum absolute atomic E-state index is 0.209. The SMILES string of the molecule is Cc1ccc(F)cc1NS(=O)(=O)c1cccs1. The Labute approximate surface area is 103 Å². The molecular formula is C11H10FNO2S2. The van der Waals surface area contributed by atoms with Gasteiger partial charge >= 0.3 is 0 Å². The van der Waals surface area contributed by atoms with Gasteiger partial charge in [0.25, 0.3) is 10.0 Å². The van der Waals surface area contributed by atoms with Gasteiger partial charge in [0.15, 0.2) is 0 Å². The number of benzene rings is 1. The molecule has 0 unspecified atom stereocenters. The van der Waals surface area contributed by atoms with Crippen LogP contribution < -0.4 is 4.72 Å². The van der Waals surface area contributed by atoms with E-state index in [1.807, 2.05) is 0 Å². The normalized spacial score (nSPS) is 11.4. The monoisotopic (exact) mass is 271 g/mol. The zero-order valence-electron chi connectivity index (χ0n) is 8.98. The first kappa shape index (κ1) is 12.1. The lowest BCUT2D eigenvalue weighted by molar-refractivity contribution is 0.603. The first-order valence-corrected chi connectivity index (χ1v) is 7.18. The number of sulfonamides is 1. The summed E-state index contributed by atoms with van der Waals surface area (Å²) >= 11 is 1.11. The molecule has 17 heavy (non-hydrogen) atoms. The summed E-state index contributed by atoms with van der Waals surface area (Å²) in [6, 6.07) is 7.14. The lowest BCUT2D eigenvalue weighted by Crippen LogP contribution is -2.12. The van der Waals surface area contributed by atoms with Gasteiger partial charge in [-0.15, -0.1) is 11.3 Å². The number of anilines is 1. The predicted octanol–water partition coefficient (Wildman–Crippen LogP) is 3.00. The van der Waals surface area contributed by atoms with Crippen molar-refractivity contribution in [1.29, 1.82) is 0 Å². The summed E-state index contributed by atoms with van der Waals surface area (Å²) in [7, 11) is -3.61. The Hall–Kier alpha value is -1.40. The molecule has 2 aromatic rings. The summed E-state index contributed by atoms with van der Waals surface area (Å²) in [5, 5.41) is 1.67. The highest BCUT2D eigenvalue weighted by atomic mass is 32.2. The average molecular weight is 271 g/mol. The molecule has 0 aliphatic carbocycles. The number of hydrogen-bond donors (Lipinski definition) is 1. The minimum Gasteiger partial charge on any atom is -0.279 e. The first-order chi connectivity index (χ1) is 7.99. The lowest BCUT2D eigenvalue weighted by Gasteiger charge is -2.09. The van der Waals surface area contributed by atoms with Crippen LogP contribution >= 0.6 is 11.3 Å². The van der Waals surface area contributed by atoms with E-state index in [0.29, 0.717) is 5.56 Å². The number of aryl methyl sites for hydroxylation is 1. The number of halogens is 1. The van der Waals surface area contributed by atoms with E-state index in [2.05, 4.69) is 4.72 Å². The van der Waals surface area contributed by atoms with Crippen LogP contribution in [0.25, 0.3) is 0 Å². The zero-order valence-corrected chi connectivity index (χ0v) is 10.6. The van der Waals surface area contributed by atoms with E-state index >= 15 is 0 Å². The van der Waals surface area contributed by atoms with E-state index in [9.17, 15) is 12.8 Å². The summed E-state index contributed by atoms with van der Waals surface area (Å²) in [4.78, 5) is 0. The molecule has 1 N–H and O–H groups in total. The van der Waals surface area contributed by atoms with Crippen LogP contribution in [0.2, 0.25) is 0 Å². The van der Waals surface area contributed by atoms with E-state index in [1.54, 1.807) is 18.4 Å². The molecule has 1 heterocycles.